The second-order valence-corrected chi connectivity index (χ2v) is 6.43. The topological polar surface area (TPSA) is 128 Å². The van der Waals surface area contributed by atoms with Crippen LogP contribution in [-0.2, 0) is 14.3 Å². The third-order valence-electron chi connectivity index (χ3n) is 4.04. The molecule has 2 aromatic rings. The fourth-order valence-corrected chi connectivity index (χ4v) is 2.41. The molecule has 9 nitrogen and oxygen atoms in total. The summed E-state index contributed by atoms with van der Waals surface area (Å²) in [7, 11) is 0. The van der Waals surface area contributed by atoms with Crippen LogP contribution in [0.3, 0.4) is 0 Å². The largest absolute Gasteiger partial charge is 0.451 e. The molecule has 0 aliphatic rings. The Hall–Kier alpha value is -3.75. The zero-order valence-corrected chi connectivity index (χ0v) is 16.2. The fraction of sp³-hybridized carbons (Fsp3) is 0.250. The lowest BCUT2D eigenvalue weighted by atomic mass is 10.1. The van der Waals surface area contributed by atoms with Gasteiger partial charge in [-0.3, -0.25) is 24.5 Å². The number of nitrogens with zero attached hydrogens (tertiary/aromatic N) is 1. The molecule has 0 heterocycles. The van der Waals surface area contributed by atoms with Gasteiger partial charge in [-0.1, -0.05) is 18.2 Å². The summed E-state index contributed by atoms with van der Waals surface area (Å²) in [6.07, 6.45) is -1.07. The third-order valence-corrected chi connectivity index (χ3v) is 4.04. The number of esters is 1. The van der Waals surface area contributed by atoms with E-state index in [1.54, 1.807) is 6.07 Å². The monoisotopic (exact) mass is 399 g/mol. The molecular weight excluding hydrogens is 378 g/mol. The molecule has 2 rings (SSSR count). The molecule has 0 saturated heterocycles. The summed E-state index contributed by atoms with van der Waals surface area (Å²) < 4.78 is 5.03. The van der Waals surface area contributed by atoms with E-state index in [1.807, 2.05) is 26.0 Å². The first kappa shape index (κ1) is 21.5. The van der Waals surface area contributed by atoms with E-state index in [1.165, 1.54) is 25.1 Å². The Morgan fingerprint density at radius 3 is 2.55 bits per heavy atom. The normalized spacial score (nSPS) is 11.3. The van der Waals surface area contributed by atoms with Crippen LogP contribution < -0.4 is 10.6 Å². The lowest BCUT2D eigenvalue weighted by Crippen LogP contribution is -2.36. The van der Waals surface area contributed by atoms with Crippen LogP contribution in [0, 0.1) is 24.0 Å². The van der Waals surface area contributed by atoms with Crippen molar-refractivity contribution in [2.45, 2.75) is 26.9 Å². The van der Waals surface area contributed by atoms with Crippen molar-refractivity contribution >= 4 is 29.2 Å². The Morgan fingerprint density at radius 2 is 1.86 bits per heavy atom. The number of ether oxygens (including phenoxy) is 1. The van der Waals surface area contributed by atoms with E-state index < -0.39 is 35.4 Å². The standard InChI is InChI=1S/C20H21N3O6/c1-12-7-8-13(2)17(9-12)22-19(25)14(3)29-18(24)11-21-20(26)15-5-4-6-16(10-15)23(27)28/h4-10,14H,11H2,1-3H3,(H,21,26)(H,22,25). The van der Waals surface area contributed by atoms with E-state index in [2.05, 4.69) is 10.6 Å². The van der Waals surface area contributed by atoms with E-state index in [-0.39, 0.29) is 11.3 Å². The molecular formula is C20H21N3O6. The summed E-state index contributed by atoms with van der Waals surface area (Å²) in [4.78, 5) is 46.3. The van der Waals surface area contributed by atoms with E-state index >= 15 is 0 Å². The van der Waals surface area contributed by atoms with Crippen LogP contribution in [-0.4, -0.2) is 35.4 Å². The molecule has 1 atom stereocenters. The van der Waals surface area contributed by atoms with Gasteiger partial charge in [0.25, 0.3) is 17.5 Å². The molecule has 1 unspecified atom stereocenters. The molecule has 2 aromatic carbocycles. The molecule has 0 spiro atoms. The van der Waals surface area contributed by atoms with E-state index in [0.717, 1.165) is 17.2 Å². The summed E-state index contributed by atoms with van der Waals surface area (Å²) >= 11 is 0. The Balaban J connectivity index is 1.87. The number of hydrogen-bond donors (Lipinski definition) is 2. The highest BCUT2D eigenvalue weighted by molar-refractivity contribution is 5.98. The summed E-state index contributed by atoms with van der Waals surface area (Å²) in [5.74, 6) is -1.98. The Kier molecular flexibility index (Phi) is 7.02. The van der Waals surface area contributed by atoms with Crippen LogP contribution in [0.4, 0.5) is 11.4 Å². The average Bonchev–Trinajstić information content (AvgIpc) is 2.68. The summed E-state index contributed by atoms with van der Waals surface area (Å²) in [5, 5.41) is 15.8. The van der Waals surface area contributed by atoms with Crippen molar-refractivity contribution in [2.75, 3.05) is 11.9 Å². The van der Waals surface area contributed by atoms with Crippen molar-refractivity contribution in [3.05, 3.63) is 69.3 Å². The molecule has 0 saturated carbocycles. The maximum absolute atomic E-state index is 12.2. The van der Waals surface area contributed by atoms with Gasteiger partial charge in [0.15, 0.2) is 6.10 Å². The number of nitro benzene ring substituents is 1. The lowest BCUT2D eigenvalue weighted by molar-refractivity contribution is -0.384. The summed E-state index contributed by atoms with van der Waals surface area (Å²) in [6.45, 7) is 4.67. The first-order valence-electron chi connectivity index (χ1n) is 8.77. The van der Waals surface area contributed by atoms with E-state index in [9.17, 15) is 24.5 Å². The number of carbonyl (C=O) groups is 3. The highest BCUT2D eigenvalue weighted by Crippen LogP contribution is 2.17. The van der Waals surface area contributed by atoms with Crippen molar-refractivity contribution in [1.82, 2.24) is 5.32 Å². The van der Waals surface area contributed by atoms with Crippen molar-refractivity contribution in [1.29, 1.82) is 0 Å². The van der Waals surface area contributed by atoms with Crippen LogP contribution in [0.1, 0.15) is 28.4 Å². The van der Waals surface area contributed by atoms with Gasteiger partial charge in [-0.15, -0.1) is 0 Å². The van der Waals surface area contributed by atoms with Crippen molar-refractivity contribution in [3.8, 4) is 0 Å². The molecule has 0 aromatic heterocycles. The summed E-state index contributed by atoms with van der Waals surface area (Å²) in [5.41, 5.74) is 2.26. The van der Waals surface area contributed by atoms with Crippen molar-refractivity contribution in [2.24, 2.45) is 0 Å². The smallest absolute Gasteiger partial charge is 0.326 e. The Bertz CT molecular complexity index is 957. The van der Waals surface area contributed by atoms with E-state index in [4.69, 9.17) is 4.74 Å². The maximum Gasteiger partial charge on any atom is 0.326 e. The van der Waals surface area contributed by atoms with Gasteiger partial charge < -0.3 is 15.4 Å². The number of carbonyl (C=O) groups excluding carboxylic acids is 3. The van der Waals surface area contributed by atoms with Crippen molar-refractivity contribution < 1.29 is 24.0 Å². The number of aryl methyl sites for hydroxylation is 2. The second kappa shape index (κ2) is 9.45. The van der Waals surface area contributed by atoms with Gasteiger partial charge in [0.05, 0.1) is 4.92 Å². The zero-order chi connectivity index (χ0) is 21.6. The number of anilines is 1. The second-order valence-electron chi connectivity index (χ2n) is 6.43. The number of hydrogen-bond acceptors (Lipinski definition) is 6. The fourth-order valence-electron chi connectivity index (χ4n) is 2.41. The number of non-ortho nitro benzene ring substituents is 1. The minimum atomic E-state index is -1.07. The highest BCUT2D eigenvalue weighted by atomic mass is 16.6. The number of nitro groups is 1. The lowest BCUT2D eigenvalue weighted by Gasteiger charge is -2.15. The molecule has 0 bridgehead atoms. The van der Waals surface area contributed by atoms with Crippen LogP contribution in [0.5, 0.6) is 0 Å². The predicted molar refractivity (Wildman–Crippen MR) is 106 cm³/mol. The molecule has 0 aliphatic carbocycles. The average molecular weight is 399 g/mol. The minimum Gasteiger partial charge on any atom is -0.451 e. The van der Waals surface area contributed by atoms with Gasteiger partial charge in [0.1, 0.15) is 6.54 Å². The molecule has 152 valence electrons. The molecule has 2 amide bonds. The molecule has 2 N–H and O–H groups in total. The first-order chi connectivity index (χ1) is 13.7. The third kappa shape index (κ3) is 6.13. The quantitative estimate of drug-likeness (QED) is 0.418. The van der Waals surface area contributed by atoms with Gasteiger partial charge in [0, 0.05) is 23.4 Å². The first-order valence-corrected chi connectivity index (χ1v) is 8.77. The Morgan fingerprint density at radius 1 is 1.14 bits per heavy atom. The molecule has 0 aliphatic heterocycles. The van der Waals surface area contributed by atoms with Crippen LogP contribution in [0.25, 0.3) is 0 Å². The highest BCUT2D eigenvalue weighted by Gasteiger charge is 2.19. The van der Waals surface area contributed by atoms with Crippen LogP contribution in [0.2, 0.25) is 0 Å². The van der Waals surface area contributed by atoms with Crippen LogP contribution >= 0.6 is 0 Å². The Labute approximate surface area is 167 Å². The minimum absolute atomic E-state index is 0.0349. The number of amides is 2. The number of rotatable bonds is 7. The maximum atomic E-state index is 12.2. The van der Waals surface area contributed by atoms with E-state index in [0.29, 0.717) is 5.69 Å². The predicted octanol–water partition coefficient (Wildman–Crippen LogP) is 2.51. The molecule has 0 radical (unpaired) electrons. The zero-order valence-electron chi connectivity index (χ0n) is 16.2. The summed E-state index contributed by atoms with van der Waals surface area (Å²) in [6, 6.07) is 10.7. The number of benzene rings is 2. The molecule has 29 heavy (non-hydrogen) atoms. The van der Waals surface area contributed by atoms with Crippen LogP contribution in [0.15, 0.2) is 42.5 Å². The van der Waals surface area contributed by atoms with Gasteiger partial charge >= 0.3 is 5.97 Å². The van der Waals surface area contributed by atoms with Crippen molar-refractivity contribution in [3.63, 3.8) is 0 Å². The molecule has 0 fully saturated rings. The van der Waals surface area contributed by atoms with Gasteiger partial charge in [-0.2, -0.15) is 0 Å². The SMILES string of the molecule is Cc1ccc(C)c(NC(=O)C(C)OC(=O)CNC(=O)c2cccc([N+](=O)[O-])c2)c1. The van der Waals surface area contributed by atoms with Gasteiger partial charge in [-0.25, -0.2) is 0 Å². The van der Waals surface area contributed by atoms with Gasteiger partial charge in [0.2, 0.25) is 0 Å². The molecule has 9 heteroatoms. The van der Waals surface area contributed by atoms with Gasteiger partial charge in [-0.05, 0) is 44.0 Å². The number of nitrogens with one attached hydrogen (secondary N) is 2.